The molecule has 3 aromatic rings. The molecule has 1 saturated carbocycles. The summed E-state index contributed by atoms with van der Waals surface area (Å²) in [6, 6.07) is 21.3. The number of hydrogen-bond donors (Lipinski definition) is 0. The van der Waals surface area contributed by atoms with Crippen molar-refractivity contribution in [3.05, 3.63) is 89.2 Å². The molecule has 1 aromatic heterocycles. The van der Waals surface area contributed by atoms with Crippen molar-refractivity contribution < 1.29 is 4.79 Å². The van der Waals surface area contributed by atoms with Crippen LogP contribution >= 0.6 is 0 Å². The number of rotatable bonds is 2. The zero-order chi connectivity index (χ0) is 19.1. The maximum Gasteiger partial charge on any atom is 0.226 e. The maximum atomic E-state index is 13.7. The minimum absolute atomic E-state index is 0.0592. The number of carbonyl (C=O) groups excluding carboxylic acids is 1. The number of amides is 1. The number of fused-ring (bicyclic) bond motifs is 3. The average Bonchev–Trinajstić information content (AvgIpc) is 3.39. The van der Waals surface area contributed by atoms with Gasteiger partial charge in [0.15, 0.2) is 0 Å². The summed E-state index contributed by atoms with van der Waals surface area (Å²) in [6.45, 7) is 2.77. The molecule has 0 radical (unpaired) electrons. The van der Waals surface area contributed by atoms with Crippen LogP contribution in [-0.2, 0) is 11.3 Å². The lowest BCUT2D eigenvalue weighted by atomic mass is 9.97. The lowest BCUT2D eigenvalue weighted by Gasteiger charge is -2.33. The second-order valence-electron chi connectivity index (χ2n) is 8.19. The molecule has 1 fully saturated rings. The number of aryl methyl sites for hydroxylation is 1. The second kappa shape index (κ2) is 6.97. The van der Waals surface area contributed by atoms with Crippen molar-refractivity contribution >= 4 is 5.91 Å². The summed E-state index contributed by atoms with van der Waals surface area (Å²) in [5.41, 5.74) is 5.98. The molecule has 3 nitrogen and oxygen atoms in total. The molecular weight excluding hydrogens is 344 g/mol. The molecule has 28 heavy (non-hydrogen) atoms. The molecule has 0 spiro atoms. The molecule has 2 heterocycles. The standard InChI is InChI=1S/C25H26N2O/c1-18-12-14-19(15-13-18)24-23-11-6-16-26(23)22-10-5-4-9-21(22)17-27(24)25(28)20-7-2-3-8-20/h4-6,9-16,20,24H,2-3,7-8,17H2,1H3/t24-/m1/s1. The highest BCUT2D eigenvalue weighted by Gasteiger charge is 2.36. The van der Waals surface area contributed by atoms with Crippen molar-refractivity contribution in [1.82, 2.24) is 9.47 Å². The van der Waals surface area contributed by atoms with Crippen LogP contribution in [0.25, 0.3) is 5.69 Å². The first-order valence-electron chi connectivity index (χ1n) is 10.3. The zero-order valence-corrected chi connectivity index (χ0v) is 16.3. The fourth-order valence-electron chi connectivity index (χ4n) is 4.86. The zero-order valence-electron chi connectivity index (χ0n) is 16.3. The van der Waals surface area contributed by atoms with Gasteiger partial charge < -0.3 is 9.47 Å². The Morgan fingerprint density at radius 1 is 0.929 bits per heavy atom. The van der Waals surface area contributed by atoms with E-state index in [1.807, 2.05) is 0 Å². The van der Waals surface area contributed by atoms with Crippen LogP contribution in [0.1, 0.15) is 54.1 Å². The van der Waals surface area contributed by atoms with Gasteiger partial charge in [-0.2, -0.15) is 0 Å². The minimum atomic E-state index is -0.0592. The van der Waals surface area contributed by atoms with Gasteiger partial charge in [-0.15, -0.1) is 0 Å². The number of nitrogens with zero attached hydrogens (tertiary/aromatic N) is 2. The summed E-state index contributed by atoms with van der Waals surface area (Å²) in [6.07, 6.45) is 6.52. The molecule has 0 N–H and O–H groups in total. The van der Waals surface area contributed by atoms with Gasteiger partial charge >= 0.3 is 0 Å². The number of aromatic nitrogens is 1. The van der Waals surface area contributed by atoms with Crippen LogP contribution in [0.15, 0.2) is 66.9 Å². The Balaban J connectivity index is 1.68. The molecule has 3 heteroatoms. The fraction of sp³-hybridized carbons (Fsp3) is 0.320. The first-order chi connectivity index (χ1) is 13.7. The molecule has 5 rings (SSSR count). The number of benzene rings is 2. The van der Waals surface area contributed by atoms with E-state index in [9.17, 15) is 4.79 Å². The highest BCUT2D eigenvalue weighted by molar-refractivity contribution is 5.80. The van der Waals surface area contributed by atoms with E-state index in [1.165, 1.54) is 40.9 Å². The lowest BCUT2D eigenvalue weighted by molar-refractivity contribution is -0.137. The van der Waals surface area contributed by atoms with Gasteiger partial charge in [0.25, 0.3) is 0 Å². The molecule has 2 aliphatic rings. The van der Waals surface area contributed by atoms with Gasteiger partial charge in [0.2, 0.25) is 5.91 Å². The second-order valence-corrected chi connectivity index (χ2v) is 8.19. The molecule has 2 aromatic carbocycles. The molecule has 1 aliphatic carbocycles. The number of para-hydroxylation sites is 1. The van der Waals surface area contributed by atoms with Gasteiger partial charge in [0, 0.05) is 24.4 Å². The number of carbonyl (C=O) groups is 1. The predicted octanol–water partition coefficient (Wildman–Crippen LogP) is 5.41. The molecule has 1 amide bonds. The summed E-state index contributed by atoms with van der Waals surface area (Å²) >= 11 is 0. The van der Waals surface area contributed by atoms with Crippen molar-refractivity contribution in [2.24, 2.45) is 5.92 Å². The monoisotopic (exact) mass is 370 g/mol. The van der Waals surface area contributed by atoms with Gasteiger partial charge in [-0.25, -0.2) is 0 Å². The van der Waals surface area contributed by atoms with Crippen molar-refractivity contribution in [2.45, 2.75) is 45.2 Å². The summed E-state index contributed by atoms with van der Waals surface area (Å²) in [4.78, 5) is 15.8. The third-order valence-corrected chi connectivity index (χ3v) is 6.34. The first-order valence-corrected chi connectivity index (χ1v) is 10.3. The smallest absolute Gasteiger partial charge is 0.226 e. The van der Waals surface area contributed by atoms with Gasteiger partial charge in [0.05, 0.1) is 11.7 Å². The molecule has 142 valence electrons. The van der Waals surface area contributed by atoms with Crippen LogP contribution < -0.4 is 0 Å². The quantitative estimate of drug-likeness (QED) is 0.592. The molecule has 1 aliphatic heterocycles. The Bertz CT molecular complexity index is 995. The normalized spacial score (nSPS) is 19.2. The average molecular weight is 370 g/mol. The van der Waals surface area contributed by atoms with Crippen LogP contribution in [0.3, 0.4) is 0 Å². The Labute approximate surface area is 166 Å². The third kappa shape index (κ3) is 2.86. The van der Waals surface area contributed by atoms with Crippen LogP contribution in [0.5, 0.6) is 0 Å². The third-order valence-electron chi connectivity index (χ3n) is 6.34. The largest absolute Gasteiger partial charge is 0.325 e. The molecule has 0 bridgehead atoms. The van der Waals surface area contributed by atoms with Crippen molar-refractivity contribution in [1.29, 1.82) is 0 Å². The highest BCUT2D eigenvalue weighted by atomic mass is 16.2. The Morgan fingerprint density at radius 2 is 1.68 bits per heavy atom. The van der Waals surface area contributed by atoms with Gasteiger partial charge in [-0.3, -0.25) is 4.79 Å². The van der Waals surface area contributed by atoms with E-state index in [4.69, 9.17) is 0 Å². The Kier molecular flexibility index (Phi) is 4.31. The van der Waals surface area contributed by atoms with E-state index in [1.54, 1.807) is 0 Å². The molecular formula is C25H26N2O. The Morgan fingerprint density at radius 3 is 2.46 bits per heavy atom. The van der Waals surface area contributed by atoms with E-state index < -0.39 is 0 Å². The highest BCUT2D eigenvalue weighted by Crippen LogP contribution is 2.39. The van der Waals surface area contributed by atoms with E-state index in [2.05, 4.69) is 83.3 Å². The van der Waals surface area contributed by atoms with Crippen LogP contribution in [0.4, 0.5) is 0 Å². The predicted molar refractivity (Wildman–Crippen MR) is 111 cm³/mol. The molecule has 0 unspecified atom stereocenters. The lowest BCUT2D eigenvalue weighted by Crippen LogP contribution is -2.38. The fourth-order valence-corrected chi connectivity index (χ4v) is 4.86. The minimum Gasteiger partial charge on any atom is -0.325 e. The van der Waals surface area contributed by atoms with E-state index in [0.29, 0.717) is 12.5 Å². The SMILES string of the molecule is Cc1ccc([C@@H]2c3cccn3-c3ccccc3CN2C(=O)C2CCCC2)cc1. The summed E-state index contributed by atoms with van der Waals surface area (Å²) in [5, 5.41) is 0. The summed E-state index contributed by atoms with van der Waals surface area (Å²) in [5.74, 6) is 0.481. The Hall–Kier alpha value is -2.81. The summed E-state index contributed by atoms with van der Waals surface area (Å²) < 4.78 is 2.27. The van der Waals surface area contributed by atoms with Crippen molar-refractivity contribution in [3.8, 4) is 5.69 Å². The van der Waals surface area contributed by atoms with Gasteiger partial charge in [-0.05, 0) is 49.1 Å². The van der Waals surface area contributed by atoms with E-state index in [-0.39, 0.29) is 12.0 Å². The van der Waals surface area contributed by atoms with E-state index >= 15 is 0 Å². The van der Waals surface area contributed by atoms with Gasteiger partial charge in [-0.1, -0.05) is 60.9 Å². The first kappa shape index (κ1) is 17.3. The van der Waals surface area contributed by atoms with Crippen molar-refractivity contribution in [3.63, 3.8) is 0 Å². The van der Waals surface area contributed by atoms with Gasteiger partial charge in [0.1, 0.15) is 0 Å². The number of hydrogen-bond acceptors (Lipinski definition) is 1. The topological polar surface area (TPSA) is 25.2 Å². The maximum absolute atomic E-state index is 13.7. The molecule has 0 saturated heterocycles. The summed E-state index contributed by atoms with van der Waals surface area (Å²) in [7, 11) is 0. The molecule has 1 atom stereocenters. The van der Waals surface area contributed by atoms with Crippen LogP contribution in [-0.4, -0.2) is 15.4 Å². The van der Waals surface area contributed by atoms with Crippen LogP contribution in [0.2, 0.25) is 0 Å². The van der Waals surface area contributed by atoms with E-state index in [0.717, 1.165) is 12.8 Å². The van der Waals surface area contributed by atoms with Crippen molar-refractivity contribution in [2.75, 3.05) is 0 Å². The van der Waals surface area contributed by atoms with Crippen LogP contribution in [0, 0.1) is 12.8 Å².